The van der Waals surface area contributed by atoms with E-state index in [4.69, 9.17) is 4.74 Å². The monoisotopic (exact) mass is 378 g/mol. The van der Waals surface area contributed by atoms with Gasteiger partial charge in [0.25, 0.3) is 0 Å². The van der Waals surface area contributed by atoms with Gasteiger partial charge >= 0.3 is 6.18 Å². The second kappa shape index (κ2) is 7.39. The molecule has 0 saturated carbocycles. The summed E-state index contributed by atoms with van der Waals surface area (Å²) < 4.78 is 72.0. The first-order chi connectivity index (χ1) is 12.8. The van der Waals surface area contributed by atoms with Crippen molar-refractivity contribution in [1.82, 2.24) is 0 Å². The van der Waals surface area contributed by atoms with Crippen LogP contribution in [0.2, 0.25) is 0 Å². The maximum atomic E-state index is 14.2. The lowest BCUT2D eigenvalue weighted by Gasteiger charge is -2.12. The van der Waals surface area contributed by atoms with Crippen molar-refractivity contribution >= 4 is 10.8 Å². The minimum Gasteiger partial charge on any atom is -0.490 e. The molecule has 3 rings (SSSR count). The van der Waals surface area contributed by atoms with Gasteiger partial charge in [0.15, 0.2) is 0 Å². The fraction of sp³-hybridized carbons (Fsp3) is 0.143. The molecule has 27 heavy (non-hydrogen) atoms. The van der Waals surface area contributed by atoms with Crippen molar-refractivity contribution in [2.75, 3.05) is 6.61 Å². The Labute approximate surface area is 152 Å². The molecule has 6 heteroatoms. The molecular weight excluding hydrogens is 363 g/mol. The summed E-state index contributed by atoms with van der Waals surface area (Å²) in [6.07, 6.45) is -1.37. The fourth-order valence-electron chi connectivity index (χ4n) is 2.75. The Hall–Kier alpha value is -2.89. The number of fused-ring (bicyclic) bond motifs is 1. The second-order valence-corrected chi connectivity index (χ2v) is 5.89. The van der Waals surface area contributed by atoms with Gasteiger partial charge in [0.2, 0.25) is 0 Å². The molecule has 0 aromatic heterocycles. The van der Waals surface area contributed by atoms with Crippen LogP contribution in [0.25, 0.3) is 21.9 Å². The summed E-state index contributed by atoms with van der Waals surface area (Å²) >= 11 is 0. The summed E-state index contributed by atoms with van der Waals surface area (Å²) in [5.41, 5.74) is -0.498. The van der Waals surface area contributed by atoms with Crippen molar-refractivity contribution in [1.29, 1.82) is 0 Å². The average Bonchev–Trinajstić information content (AvgIpc) is 2.61. The highest BCUT2D eigenvalue weighted by atomic mass is 19.4. The lowest BCUT2D eigenvalue weighted by atomic mass is 9.99. The van der Waals surface area contributed by atoms with Crippen LogP contribution in [0.1, 0.15) is 12.5 Å². The molecule has 0 atom stereocenters. The van der Waals surface area contributed by atoms with Crippen molar-refractivity contribution in [3.05, 3.63) is 77.9 Å². The third-order valence-electron chi connectivity index (χ3n) is 4.08. The first-order valence-electron chi connectivity index (χ1n) is 8.14. The predicted octanol–water partition coefficient (Wildman–Crippen LogP) is 6.76. The van der Waals surface area contributed by atoms with Gasteiger partial charge in [-0.05, 0) is 47.7 Å². The van der Waals surface area contributed by atoms with Crippen LogP contribution < -0.4 is 4.74 Å². The van der Waals surface area contributed by atoms with Crippen LogP contribution in [0, 0.1) is 11.6 Å². The number of ether oxygens (including phenoxy) is 1. The Kier molecular flexibility index (Phi) is 5.17. The van der Waals surface area contributed by atoms with Crippen LogP contribution in [0.5, 0.6) is 5.75 Å². The van der Waals surface area contributed by atoms with Gasteiger partial charge in [-0.3, -0.25) is 0 Å². The molecule has 0 aliphatic carbocycles. The van der Waals surface area contributed by atoms with E-state index in [-0.39, 0.29) is 10.8 Å². The zero-order valence-electron chi connectivity index (χ0n) is 14.3. The average molecular weight is 378 g/mol. The third kappa shape index (κ3) is 3.94. The molecule has 0 N–H and O–H groups in total. The van der Waals surface area contributed by atoms with E-state index < -0.39 is 23.4 Å². The van der Waals surface area contributed by atoms with Crippen LogP contribution in [0.15, 0.2) is 60.7 Å². The van der Waals surface area contributed by atoms with Crippen LogP contribution in [-0.2, 0) is 6.18 Å². The highest BCUT2D eigenvalue weighted by Crippen LogP contribution is 2.37. The standard InChI is InChI=1S/C21H15F5O/c1-2-3-10-27-16-7-4-13(5-8-16)14-6-9-17-15(11-14)12-18(22)19(20(17)23)21(24,25)26/h2-9,11-12H,10H2,1H3. The molecule has 0 fully saturated rings. The van der Waals surface area contributed by atoms with Crippen molar-refractivity contribution in [2.45, 2.75) is 13.1 Å². The molecular formula is C21H15F5O. The molecule has 0 aliphatic heterocycles. The van der Waals surface area contributed by atoms with E-state index >= 15 is 0 Å². The van der Waals surface area contributed by atoms with Gasteiger partial charge in [-0.2, -0.15) is 13.2 Å². The van der Waals surface area contributed by atoms with E-state index in [1.165, 1.54) is 18.2 Å². The molecule has 0 heterocycles. The molecule has 0 spiro atoms. The topological polar surface area (TPSA) is 9.23 Å². The van der Waals surface area contributed by atoms with E-state index in [1.807, 2.05) is 19.1 Å². The van der Waals surface area contributed by atoms with E-state index in [0.717, 1.165) is 5.56 Å². The van der Waals surface area contributed by atoms with E-state index in [9.17, 15) is 22.0 Å². The van der Waals surface area contributed by atoms with E-state index in [2.05, 4.69) is 0 Å². The van der Waals surface area contributed by atoms with Crippen LogP contribution in [-0.4, -0.2) is 6.61 Å². The van der Waals surface area contributed by atoms with Crippen molar-refractivity contribution in [3.8, 4) is 16.9 Å². The largest absolute Gasteiger partial charge is 0.490 e. The highest BCUT2D eigenvalue weighted by molar-refractivity contribution is 5.88. The molecule has 0 unspecified atom stereocenters. The Balaban J connectivity index is 1.97. The van der Waals surface area contributed by atoms with Gasteiger partial charge < -0.3 is 4.74 Å². The maximum absolute atomic E-state index is 14.2. The van der Waals surface area contributed by atoms with Crippen LogP contribution >= 0.6 is 0 Å². The number of benzene rings is 3. The first-order valence-corrected chi connectivity index (χ1v) is 8.14. The maximum Gasteiger partial charge on any atom is 0.422 e. The van der Waals surface area contributed by atoms with Crippen molar-refractivity contribution in [2.24, 2.45) is 0 Å². The quantitative estimate of drug-likeness (QED) is 0.360. The lowest BCUT2D eigenvalue weighted by Crippen LogP contribution is -2.11. The Morgan fingerprint density at radius 1 is 0.926 bits per heavy atom. The van der Waals surface area contributed by atoms with Crippen molar-refractivity contribution < 1.29 is 26.7 Å². The summed E-state index contributed by atoms with van der Waals surface area (Å²) in [6, 6.07) is 11.9. The van der Waals surface area contributed by atoms with Crippen LogP contribution in [0.3, 0.4) is 0 Å². The van der Waals surface area contributed by atoms with Crippen LogP contribution in [0.4, 0.5) is 22.0 Å². The molecule has 3 aromatic carbocycles. The van der Waals surface area contributed by atoms with Gasteiger partial charge in [0.05, 0.1) is 0 Å². The van der Waals surface area contributed by atoms with E-state index in [0.29, 0.717) is 24.0 Å². The smallest absolute Gasteiger partial charge is 0.422 e. The van der Waals surface area contributed by atoms with Gasteiger partial charge in [-0.15, -0.1) is 0 Å². The molecule has 1 nitrogen and oxygen atoms in total. The molecule has 0 amide bonds. The van der Waals surface area contributed by atoms with Gasteiger partial charge in [0, 0.05) is 5.39 Å². The zero-order valence-corrected chi connectivity index (χ0v) is 14.3. The number of hydrogen-bond acceptors (Lipinski definition) is 1. The van der Waals surface area contributed by atoms with E-state index in [1.54, 1.807) is 24.3 Å². The summed E-state index contributed by atoms with van der Waals surface area (Å²) in [5.74, 6) is -2.57. The van der Waals surface area contributed by atoms with Crippen molar-refractivity contribution in [3.63, 3.8) is 0 Å². The molecule has 0 bridgehead atoms. The molecule has 0 aliphatic rings. The summed E-state index contributed by atoms with van der Waals surface area (Å²) in [5, 5.41) is -0.220. The Morgan fingerprint density at radius 3 is 2.22 bits per heavy atom. The predicted molar refractivity (Wildman–Crippen MR) is 94.6 cm³/mol. The lowest BCUT2D eigenvalue weighted by molar-refractivity contribution is -0.142. The van der Waals surface area contributed by atoms with Gasteiger partial charge in [-0.25, -0.2) is 8.78 Å². The van der Waals surface area contributed by atoms with Gasteiger partial charge in [-0.1, -0.05) is 36.4 Å². The highest BCUT2D eigenvalue weighted by Gasteiger charge is 2.38. The minimum atomic E-state index is -5.09. The minimum absolute atomic E-state index is 0.0592. The summed E-state index contributed by atoms with van der Waals surface area (Å²) in [6.45, 7) is 2.32. The summed E-state index contributed by atoms with van der Waals surface area (Å²) in [4.78, 5) is 0. The molecule has 0 saturated heterocycles. The Bertz CT molecular complexity index is 988. The number of allylic oxidation sites excluding steroid dienone is 1. The number of halogens is 5. The normalized spacial score (nSPS) is 12.1. The molecule has 0 radical (unpaired) electrons. The second-order valence-electron chi connectivity index (χ2n) is 5.89. The number of alkyl halides is 3. The number of hydrogen-bond donors (Lipinski definition) is 0. The zero-order chi connectivity index (χ0) is 19.6. The fourth-order valence-corrected chi connectivity index (χ4v) is 2.75. The van der Waals surface area contributed by atoms with Gasteiger partial charge in [0.1, 0.15) is 29.6 Å². The molecule has 140 valence electrons. The third-order valence-corrected chi connectivity index (χ3v) is 4.08. The first kappa shape index (κ1) is 18.9. The molecule has 3 aromatic rings. The Morgan fingerprint density at radius 2 is 1.59 bits per heavy atom. The number of rotatable bonds is 4. The summed E-state index contributed by atoms with van der Waals surface area (Å²) in [7, 11) is 0. The SMILES string of the molecule is CC=CCOc1ccc(-c2ccc3c(F)c(C(F)(F)F)c(F)cc3c2)cc1.